The fraction of sp³-hybridized carbons (Fsp3) is 0.714. The van der Waals surface area contributed by atoms with Crippen LogP contribution in [0.4, 0.5) is 0 Å². The molecule has 0 spiro atoms. The van der Waals surface area contributed by atoms with Crippen LogP contribution in [0.2, 0.25) is 0 Å². The molecule has 0 aliphatic carbocycles. The van der Waals surface area contributed by atoms with Gasteiger partial charge in [0, 0.05) is 18.4 Å². The molecule has 0 aromatic carbocycles. The van der Waals surface area contributed by atoms with E-state index in [1.54, 1.807) is 0 Å². The minimum Gasteiger partial charge on any atom is -0.548 e. The van der Waals surface area contributed by atoms with E-state index >= 15 is 0 Å². The summed E-state index contributed by atoms with van der Waals surface area (Å²) in [4.78, 5) is 21.0. The van der Waals surface area contributed by atoms with Gasteiger partial charge < -0.3 is 20.3 Å². The molecule has 0 rings (SSSR count). The first-order chi connectivity index (χ1) is 6.07. The second-order valence-corrected chi connectivity index (χ2v) is 3.52. The van der Waals surface area contributed by atoms with Crippen LogP contribution in [0.3, 0.4) is 0 Å². The van der Waals surface area contributed by atoms with E-state index in [1.165, 1.54) is 18.7 Å². The molecule has 1 atom stereocenters. The van der Waals surface area contributed by atoms with Crippen molar-refractivity contribution in [3.63, 3.8) is 0 Å². The molecule has 0 radical (unpaired) electrons. The number of rotatable bonds is 6. The normalized spacial score (nSPS) is 11.3. The van der Waals surface area contributed by atoms with E-state index in [9.17, 15) is 14.7 Å². The molecule has 0 bridgehead atoms. The standard InChI is InChI=1S/C7H13NO4S.Na/c1-5(10)8-6(7(11)12)4-13-3-2-9;/h6,9H,2-4H2,1H3,(H,8,10)(H,11,12);/q;+1/p-1/t6-;/m0./s1. The summed E-state index contributed by atoms with van der Waals surface area (Å²) in [7, 11) is 0. The molecule has 1 amide bonds. The molecular formula is C7H12NNaO4S. The second kappa shape index (κ2) is 9.79. The van der Waals surface area contributed by atoms with Crippen molar-refractivity contribution in [1.29, 1.82) is 0 Å². The molecule has 0 aliphatic rings. The molecule has 0 saturated heterocycles. The number of carboxylic acid groups (broad SMARTS) is 1. The first-order valence-electron chi connectivity index (χ1n) is 3.74. The fourth-order valence-corrected chi connectivity index (χ4v) is 1.43. The van der Waals surface area contributed by atoms with Crippen molar-refractivity contribution >= 4 is 23.6 Å². The van der Waals surface area contributed by atoms with Gasteiger partial charge in [0.25, 0.3) is 0 Å². The van der Waals surface area contributed by atoms with Crippen LogP contribution in [0.25, 0.3) is 0 Å². The summed E-state index contributed by atoms with van der Waals surface area (Å²) < 4.78 is 0. The summed E-state index contributed by atoms with van der Waals surface area (Å²) in [6.45, 7) is 1.23. The van der Waals surface area contributed by atoms with Gasteiger partial charge in [-0.3, -0.25) is 4.79 Å². The van der Waals surface area contributed by atoms with Crippen molar-refractivity contribution in [3.05, 3.63) is 0 Å². The van der Waals surface area contributed by atoms with Gasteiger partial charge in [0.15, 0.2) is 0 Å². The van der Waals surface area contributed by atoms with Crippen LogP contribution in [-0.4, -0.2) is 41.1 Å². The van der Waals surface area contributed by atoms with Crippen molar-refractivity contribution in [3.8, 4) is 0 Å². The Labute approximate surface area is 109 Å². The number of aliphatic hydroxyl groups excluding tert-OH is 1. The molecule has 0 heterocycles. The minimum absolute atomic E-state index is 0. The maximum absolute atomic E-state index is 10.5. The average Bonchev–Trinajstić information content (AvgIpc) is 2.02. The minimum atomic E-state index is -1.30. The Morgan fingerprint density at radius 1 is 1.57 bits per heavy atom. The molecule has 0 saturated carbocycles. The number of carboxylic acids is 1. The third kappa shape index (κ3) is 8.83. The van der Waals surface area contributed by atoms with E-state index in [2.05, 4.69) is 5.32 Å². The number of amides is 1. The van der Waals surface area contributed by atoms with Crippen molar-refractivity contribution < 1.29 is 49.4 Å². The van der Waals surface area contributed by atoms with Gasteiger partial charge in [-0.05, 0) is 0 Å². The van der Waals surface area contributed by atoms with E-state index in [0.717, 1.165) is 0 Å². The number of aliphatic carboxylic acids is 1. The predicted octanol–water partition coefficient (Wildman–Crippen LogP) is -5.03. The van der Waals surface area contributed by atoms with Gasteiger partial charge in [0.2, 0.25) is 5.91 Å². The molecule has 0 aromatic rings. The molecule has 0 aliphatic heterocycles. The average molecular weight is 229 g/mol. The number of hydrogen-bond donors (Lipinski definition) is 2. The summed E-state index contributed by atoms with van der Waals surface area (Å²) in [6, 6.07) is -0.978. The van der Waals surface area contributed by atoms with Crippen LogP contribution >= 0.6 is 11.8 Å². The van der Waals surface area contributed by atoms with E-state index in [1.807, 2.05) is 0 Å². The number of carbonyl (C=O) groups excluding carboxylic acids is 2. The zero-order valence-corrected chi connectivity index (χ0v) is 11.1. The summed E-state index contributed by atoms with van der Waals surface area (Å²) >= 11 is 1.25. The Morgan fingerprint density at radius 2 is 2.14 bits per heavy atom. The molecule has 0 aromatic heterocycles. The Bertz CT molecular complexity index is 191. The zero-order chi connectivity index (χ0) is 10.3. The Kier molecular flexibility index (Phi) is 11.7. The maximum atomic E-state index is 10.5. The number of carbonyl (C=O) groups is 2. The quantitative estimate of drug-likeness (QED) is 0.351. The third-order valence-electron chi connectivity index (χ3n) is 1.18. The monoisotopic (exact) mass is 229 g/mol. The van der Waals surface area contributed by atoms with Crippen molar-refractivity contribution in [2.75, 3.05) is 18.1 Å². The summed E-state index contributed by atoms with van der Waals surface area (Å²) in [5, 5.41) is 21.1. The number of hydrogen-bond acceptors (Lipinski definition) is 5. The van der Waals surface area contributed by atoms with Crippen LogP contribution in [0.5, 0.6) is 0 Å². The topological polar surface area (TPSA) is 89.5 Å². The smallest absolute Gasteiger partial charge is 0.548 e. The van der Waals surface area contributed by atoms with Crippen molar-refractivity contribution in [2.45, 2.75) is 13.0 Å². The summed E-state index contributed by atoms with van der Waals surface area (Å²) in [5.41, 5.74) is 0. The molecular weight excluding hydrogens is 217 g/mol. The Morgan fingerprint density at radius 3 is 2.50 bits per heavy atom. The fourth-order valence-electron chi connectivity index (χ4n) is 0.680. The molecule has 2 N–H and O–H groups in total. The first kappa shape index (κ1) is 16.7. The number of nitrogens with one attached hydrogen (secondary N) is 1. The Balaban J connectivity index is 0. The maximum Gasteiger partial charge on any atom is 1.00 e. The van der Waals surface area contributed by atoms with Crippen LogP contribution in [0.15, 0.2) is 0 Å². The third-order valence-corrected chi connectivity index (χ3v) is 2.22. The molecule has 7 heteroatoms. The van der Waals surface area contributed by atoms with Crippen LogP contribution in [0, 0.1) is 0 Å². The second-order valence-electron chi connectivity index (χ2n) is 2.37. The summed E-state index contributed by atoms with van der Waals surface area (Å²) in [6.07, 6.45) is 0. The molecule has 0 unspecified atom stereocenters. The van der Waals surface area contributed by atoms with Gasteiger partial charge in [-0.15, -0.1) is 0 Å². The van der Waals surface area contributed by atoms with Crippen LogP contribution < -0.4 is 40.0 Å². The SMILES string of the molecule is CC(=O)N[C@@H](CSCCO)C(=O)[O-].[Na+]. The number of aliphatic hydroxyl groups is 1. The van der Waals surface area contributed by atoms with Crippen molar-refractivity contribution in [1.82, 2.24) is 5.32 Å². The zero-order valence-electron chi connectivity index (χ0n) is 8.28. The largest absolute Gasteiger partial charge is 1.00 e. The van der Waals surface area contributed by atoms with E-state index in [4.69, 9.17) is 5.11 Å². The van der Waals surface area contributed by atoms with Crippen LogP contribution in [-0.2, 0) is 9.59 Å². The molecule has 14 heavy (non-hydrogen) atoms. The number of thioether (sulfide) groups is 1. The molecule has 76 valence electrons. The van der Waals surface area contributed by atoms with E-state index in [0.29, 0.717) is 5.75 Å². The van der Waals surface area contributed by atoms with Gasteiger partial charge in [0.05, 0.1) is 18.6 Å². The first-order valence-corrected chi connectivity index (χ1v) is 4.90. The van der Waals surface area contributed by atoms with Gasteiger partial charge in [-0.2, -0.15) is 11.8 Å². The van der Waals surface area contributed by atoms with Gasteiger partial charge in [0.1, 0.15) is 0 Å². The summed E-state index contributed by atoms with van der Waals surface area (Å²) in [5.74, 6) is -1.05. The van der Waals surface area contributed by atoms with E-state index in [-0.39, 0.29) is 41.9 Å². The molecule has 5 nitrogen and oxygen atoms in total. The van der Waals surface area contributed by atoms with Gasteiger partial charge in [-0.25, -0.2) is 0 Å². The van der Waals surface area contributed by atoms with Gasteiger partial charge in [-0.1, -0.05) is 0 Å². The Hall–Kier alpha value is 0.250. The van der Waals surface area contributed by atoms with Crippen molar-refractivity contribution in [2.24, 2.45) is 0 Å². The molecule has 0 fully saturated rings. The van der Waals surface area contributed by atoms with Crippen LogP contribution in [0.1, 0.15) is 6.92 Å². The predicted molar refractivity (Wildman–Crippen MR) is 47.0 cm³/mol. The van der Waals surface area contributed by atoms with Gasteiger partial charge >= 0.3 is 29.6 Å². The van der Waals surface area contributed by atoms with E-state index < -0.39 is 17.9 Å².